The van der Waals surface area contributed by atoms with Gasteiger partial charge in [0.25, 0.3) is 0 Å². The van der Waals surface area contributed by atoms with E-state index in [4.69, 9.17) is 4.99 Å². The number of aliphatic imine (C=N–C) groups is 2. The first-order chi connectivity index (χ1) is 25.6. The number of unbranched alkanes of at least 4 members (excludes halogenated alkanes) is 1. The number of aromatic nitrogens is 1. The van der Waals surface area contributed by atoms with Gasteiger partial charge in [0.05, 0.1) is 18.0 Å². The number of nitrogens with zero attached hydrogens (tertiary/aromatic N) is 3. The first kappa shape index (κ1) is 35.6. The second-order valence-corrected chi connectivity index (χ2v) is 12.8. The minimum absolute atomic E-state index is 0.526. The molecule has 3 nitrogen and oxygen atoms in total. The number of benzene rings is 5. The van der Waals surface area contributed by atoms with Crippen LogP contribution in [0.5, 0.6) is 0 Å². The second kappa shape index (κ2) is 17.6. The fourth-order valence-corrected chi connectivity index (χ4v) is 6.40. The van der Waals surface area contributed by atoms with Gasteiger partial charge in [-0.15, -0.1) is 0 Å². The lowest BCUT2D eigenvalue weighted by molar-refractivity contribution is 0.991. The van der Waals surface area contributed by atoms with Crippen molar-refractivity contribution in [2.45, 2.75) is 39.7 Å². The molecule has 5 aromatic carbocycles. The summed E-state index contributed by atoms with van der Waals surface area (Å²) in [6.07, 6.45) is 17.2. The number of rotatable bonds is 13. The zero-order chi connectivity index (χ0) is 36.1. The molecule has 1 aromatic heterocycles. The molecule has 0 aliphatic heterocycles. The van der Waals surface area contributed by atoms with Crippen LogP contribution in [0.1, 0.15) is 54.5 Å². The van der Waals surface area contributed by atoms with Crippen LogP contribution in [-0.2, 0) is 13.0 Å². The number of fused-ring (bicyclic) bond motifs is 1. The molecule has 0 fully saturated rings. The second-order valence-electron chi connectivity index (χ2n) is 12.8. The lowest BCUT2D eigenvalue weighted by atomic mass is 9.98. The van der Waals surface area contributed by atoms with Gasteiger partial charge in [0.15, 0.2) is 0 Å². The monoisotopic (exact) mass is 675 g/mol. The zero-order valence-corrected chi connectivity index (χ0v) is 30.2. The molecular formula is C49H45N3. The van der Waals surface area contributed by atoms with Gasteiger partial charge in [0, 0.05) is 28.9 Å². The van der Waals surface area contributed by atoms with Crippen molar-refractivity contribution < 1.29 is 0 Å². The van der Waals surface area contributed by atoms with Gasteiger partial charge in [-0.05, 0) is 87.8 Å². The van der Waals surface area contributed by atoms with Crippen molar-refractivity contribution in [3.05, 3.63) is 203 Å². The van der Waals surface area contributed by atoms with E-state index in [1.54, 1.807) is 6.08 Å². The number of hydrogen-bond acceptors (Lipinski definition) is 3. The van der Waals surface area contributed by atoms with E-state index < -0.39 is 0 Å². The Kier molecular flexibility index (Phi) is 12.1. The zero-order valence-electron chi connectivity index (χ0n) is 30.2. The van der Waals surface area contributed by atoms with Gasteiger partial charge in [0.2, 0.25) is 0 Å². The van der Waals surface area contributed by atoms with E-state index in [0.29, 0.717) is 6.54 Å². The molecule has 6 rings (SSSR count). The molecule has 0 bridgehead atoms. The van der Waals surface area contributed by atoms with E-state index >= 15 is 0 Å². The Morgan fingerprint density at radius 2 is 1.54 bits per heavy atom. The minimum atomic E-state index is 0.526. The molecule has 0 N–H and O–H groups in total. The molecule has 3 heteroatoms. The molecule has 0 radical (unpaired) electrons. The summed E-state index contributed by atoms with van der Waals surface area (Å²) >= 11 is 0. The maximum atomic E-state index is 5.21. The lowest BCUT2D eigenvalue weighted by Gasteiger charge is -2.10. The Morgan fingerprint density at radius 1 is 0.769 bits per heavy atom. The van der Waals surface area contributed by atoms with Crippen molar-refractivity contribution in [1.29, 1.82) is 0 Å². The average Bonchev–Trinajstić information content (AvgIpc) is 3.20. The minimum Gasteiger partial charge on any atom is -0.280 e. The van der Waals surface area contributed by atoms with Crippen molar-refractivity contribution in [3.8, 4) is 11.1 Å². The molecule has 0 spiro atoms. The SMILES string of the molecule is C=C/C=C\Cc1ccc(C(/C=C(\N=C)c2ccc(-c3cncc4ccccc34)cc2)=N/Cc2cccc(/C(C)=c3\cccc\c3=C\CCC)c2)cc1. The Balaban J connectivity index is 1.35. The third-order valence-corrected chi connectivity index (χ3v) is 9.29. The quantitative estimate of drug-likeness (QED) is 0.0887. The summed E-state index contributed by atoms with van der Waals surface area (Å²) < 4.78 is 0. The molecule has 0 amide bonds. The molecule has 0 aliphatic carbocycles. The predicted octanol–water partition coefficient (Wildman–Crippen LogP) is 10.7. The van der Waals surface area contributed by atoms with E-state index in [0.717, 1.165) is 63.9 Å². The van der Waals surface area contributed by atoms with E-state index in [9.17, 15) is 0 Å². The van der Waals surface area contributed by atoms with E-state index in [1.807, 2.05) is 24.5 Å². The molecule has 0 atom stereocenters. The standard InChI is InChI=1S/C49H45N3/c1-5-7-9-15-37-23-25-42(26-24-37)49(52-33-38-16-14-20-43(31-38)36(3)45-21-12-10-18-39(45)17-8-6-2)32-48(50-4)41-29-27-40(28-30-41)47-35-51-34-44-19-11-13-22-46(44)47/h5,7,9-14,16-32,34-35H,1,4,6,8,15,33H2,2-3H3/b9-7-,39-17-,45-36+,48-32-,52-49+. The normalized spacial score (nSPS) is 13.1. The fraction of sp³-hybridized carbons (Fsp3) is 0.122. The average molecular weight is 676 g/mol. The van der Waals surface area contributed by atoms with Crippen LogP contribution in [0.4, 0.5) is 0 Å². The van der Waals surface area contributed by atoms with Crippen LogP contribution in [0, 0.1) is 0 Å². The maximum Gasteiger partial charge on any atom is 0.0716 e. The smallest absolute Gasteiger partial charge is 0.0716 e. The van der Waals surface area contributed by atoms with Gasteiger partial charge in [-0.2, -0.15) is 0 Å². The highest BCUT2D eigenvalue weighted by Gasteiger charge is 2.09. The maximum absolute atomic E-state index is 5.21. The van der Waals surface area contributed by atoms with Crippen molar-refractivity contribution in [2.75, 3.05) is 0 Å². The van der Waals surface area contributed by atoms with Crippen molar-refractivity contribution in [2.24, 2.45) is 9.98 Å². The molecular weight excluding hydrogens is 631 g/mol. The number of pyridine rings is 1. The van der Waals surface area contributed by atoms with Gasteiger partial charge in [-0.25, -0.2) is 0 Å². The van der Waals surface area contributed by atoms with Crippen LogP contribution in [-0.4, -0.2) is 17.4 Å². The lowest BCUT2D eigenvalue weighted by Crippen LogP contribution is -2.26. The van der Waals surface area contributed by atoms with Crippen molar-refractivity contribution in [1.82, 2.24) is 4.98 Å². The largest absolute Gasteiger partial charge is 0.280 e. The first-order valence-corrected chi connectivity index (χ1v) is 18.0. The summed E-state index contributed by atoms with van der Waals surface area (Å²) in [5.41, 5.74) is 10.6. The summed E-state index contributed by atoms with van der Waals surface area (Å²) in [4.78, 5) is 14.2. The van der Waals surface area contributed by atoms with Crippen LogP contribution < -0.4 is 10.4 Å². The summed E-state index contributed by atoms with van der Waals surface area (Å²) in [5.74, 6) is 0. The van der Waals surface area contributed by atoms with Crippen LogP contribution >= 0.6 is 0 Å². The molecule has 256 valence electrons. The predicted molar refractivity (Wildman–Crippen MR) is 224 cm³/mol. The topological polar surface area (TPSA) is 37.6 Å². The third-order valence-electron chi connectivity index (χ3n) is 9.29. The summed E-state index contributed by atoms with van der Waals surface area (Å²) in [6.45, 7) is 12.7. The molecule has 52 heavy (non-hydrogen) atoms. The van der Waals surface area contributed by atoms with Gasteiger partial charge < -0.3 is 0 Å². The molecule has 6 aromatic rings. The van der Waals surface area contributed by atoms with Gasteiger partial charge in [-0.3, -0.25) is 15.0 Å². The van der Waals surface area contributed by atoms with E-state index in [2.05, 4.69) is 171 Å². The summed E-state index contributed by atoms with van der Waals surface area (Å²) in [6, 6.07) is 42.8. The molecule has 0 saturated heterocycles. The number of allylic oxidation sites excluding steroid dienone is 4. The Labute approximate surface area is 308 Å². The molecule has 1 heterocycles. The van der Waals surface area contributed by atoms with E-state index in [1.165, 1.54) is 32.5 Å². The first-order valence-electron chi connectivity index (χ1n) is 18.0. The summed E-state index contributed by atoms with van der Waals surface area (Å²) in [7, 11) is 0. The van der Waals surface area contributed by atoms with Gasteiger partial charge >= 0.3 is 0 Å². The Morgan fingerprint density at radius 3 is 2.33 bits per heavy atom. The van der Waals surface area contributed by atoms with Crippen LogP contribution in [0.2, 0.25) is 0 Å². The van der Waals surface area contributed by atoms with Crippen LogP contribution in [0.25, 0.3) is 39.2 Å². The van der Waals surface area contributed by atoms with Crippen molar-refractivity contribution in [3.63, 3.8) is 0 Å². The Hall–Kier alpha value is -6.19. The van der Waals surface area contributed by atoms with Crippen LogP contribution in [0.3, 0.4) is 0 Å². The van der Waals surface area contributed by atoms with Gasteiger partial charge in [-0.1, -0.05) is 159 Å². The van der Waals surface area contributed by atoms with Gasteiger partial charge in [0.1, 0.15) is 0 Å². The highest BCUT2D eigenvalue weighted by molar-refractivity contribution is 6.12. The van der Waals surface area contributed by atoms with Crippen LogP contribution in [0.15, 0.2) is 175 Å². The number of hydrogen-bond donors (Lipinski definition) is 0. The Bertz CT molecular complexity index is 2390. The third kappa shape index (κ3) is 8.75. The molecule has 0 saturated carbocycles. The highest BCUT2D eigenvalue weighted by atomic mass is 14.8. The summed E-state index contributed by atoms with van der Waals surface area (Å²) in [5, 5.41) is 4.85. The highest BCUT2D eigenvalue weighted by Crippen LogP contribution is 2.29. The molecule has 0 unspecified atom stereocenters. The molecule has 0 aliphatic rings. The van der Waals surface area contributed by atoms with Crippen molar-refractivity contribution >= 4 is 40.5 Å². The van der Waals surface area contributed by atoms with E-state index in [-0.39, 0.29) is 0 Å². The fourth-order valence-electron chi connectivity index (χ4n) is 6.40.